The molecule has 10 nitrogen and oxygen atoms in total. The van der Waals surface area contributed by atoms with Gasteiger partial charge in [0, 0.05) is 10.7 Å². The number of nitrogens with zero attached hydrogens (tertiary/aromatic N) is 1. The third kappa shape index (κ3) is 7.80. The van der Waals surface area contributed by atoms with Crippen LogP contribution in [0.15, 0.2) is 71.6 Å². The monoisotopic (exact) mass is 595 g/mol. The number of rotatable bonds is 11. The lowest BCUT2D eigenvalue weighted by molar-refractivity contribution is -0.127. The van der Waals surface area contributed by atoms with Gasteiger partial charge in [-0.3, -0.25) is 24.1 Å². The largest absolute Gasteiger partial charge is 0.493 e. The summed E-state index contributed by atoms with van der Waals surface area (Å²) in [6.45, 7) is 1.58. The van der Waals surface area contributed by atoms with Crippen LogP contribution in [0.25, 0.3) is 6.08 Å². The molecule has 0 bridgehead atoms. The van der Waals surface area contributed by atoms with Crippen molar-refractivity contribution < 1.29 is 33.4 Å². The summed E-state index contributed by atoms with van der Waals surface area (Å²) < 4.78 is 16.6. The van der Waals surface area contributed by atoms with E-state index in [1.54, 1.807) is 60.7 Å². The summed E-state index contributed by atoms with van der Waals surface area (Å²) in [5.74, 6) is -0.341. The molecule has 0 atom stereocenters. The minimum absolute atomic E-state index is 0.147. The number of ether oxygens (including phenoxy) is 3. The number of carbonyl (C=O) groups excluding carboxylic acids is 4. The summed E-state index contributed by atoms with van der Waals surface area (Å²) in [6, 6.07) is 18.5. The Morgan fingerprint density at radius 1 is 0.927 bits per heavy atom. The van der Waals surface area contributed by atoms with Gasteiger partial charge in [-0.25, -0.2) is 0 Å². The lowest BCUT2D eigenvalue weighted by atomic mass is 10.2. The van der Waals surface area contributed by atoms with Gasteiger partial charge in [0.2, 0.25) is 5.91 Å². The Morgan fingerprint density at radius 2 is 1.73 bits per heavy atom. The zero-order valence-corrected chi connectivity index (χ0v) is 23.7. The summed E-state index contributed by atoms with van der Waals surface area (Å²) >= 11 is 6.66. The van der Waals surface area contributed by atoms with Crippen LogP contribution < -0.4 is 24.8 Å². The molecule has 1 aliphatic rings. The fourth-order valence-electron chi connectivity index (χ4n) is 3.77. The highest BCUT2D eigenvalue weighted by molar-refractivity contribution is 8.18. The molecule has 3 aromatic rings. The Hall–Kier alpha value is -4.48. The third-order valence-electron chi connectivity index (χ3n) is 5.59. The smallest absolute Gasteiger partial charge is 0.294 e. The van der Waals surface area contributed by atoms with Gasteiger partial charge in [0.15, 0.2) is 18.1 Å². The molecule has 0 aromatic heterocycles. The molecule has 0 radical (unpaired) electrons. The minimum Gasteiger partial charge on any atom is -0.493 e. The quantitative estimate of drug-likeness (QED) is 0.281. The van der Waals surface area contributed by atoms with Crippen molar-refractivity contribution in [1.82, 2.24) is 4.90 Å². The Labute approximate surface area is 245 Å². The lowest BCUT2D eigenvalue weighted by Crippen LogP contribution is -2.36. The van der Waals surface area contributed by atoms with Crippen molar-refractivity contribution in [2.75, 3.05) is 37.5 Å². The first-order valence-electron chi connectivity index (χ1n) is 12.4. The second kappa shape index (κ2) is 13.7. The average Bonchev–Trinajstić information content (AvgIpc) is 3.20. The van der Waals surface area contributed by atoms with Gasteiger partial charge in [0.1, 0.15) is 12.3 Å². The molecular formula is C29H26ClN3O7S. The van der Waals surface area contributed by atoms with E-state index in [0.29, 0.717) is 45.8 Å². The normalized spacial score (nSPS) is 13.7. The van der Waals surface area contributed by atoms with Crippen LogP contribution in [0.3, 0.4) is 0 Å². The van der Waals surface area contributed by atoms with E-state index in [1.807, 2.05) is 13.0 Å². The summed E-state index contributed by atoms with van der Waals surface area (Å²) in [4.78, 5) is 51.3. The van der Waals surface area contributed by atoms with E-state index < -0.39 is 29.5 Å². The van der Waals surface area contributed by atoms with Gasteiger partial charge in [-0.2, -0.15) is 0 Å². The molecule has 0 unspecified atom stereocenters. The molecule has 3 aromatic carbocycles. The van der Waals surface area contributed by atoms with E-state index in [0.717, 1.165) is 16.7 Å². The Morgan fingerprint density at radius 3 is 2.49 bits per heavy atom. The molecule has 0 spiro atoms. The molecule has 4 amide bonds. The maximum Gasteiger partial charge on any atom is 0.294 e. The molecule has 41 heavy (non-hydrogen) atoms. The molecule has 1 fully saturated rings. The van der Waals surface area contributed by atoms with Gasteiger partial charge >= 0.3 is 0 Å². The van der Waals surface area contributed by atoms with Gasteiger partial charge in [0.05, 0.1) is 24.3 Å². The Balaban J connectivity index is 1.38. The van der Waals surface area contributed by atoms with Crippen LogP contribution >= 0.6 is 23.4 Å². The van der Waals surface area contributed by atoms with Crippen LogP contribution in [0.4, 0.5) is 16.2 Å². The van der Waals surface area contributed by atoms with E-state index in [9.17, 15) is 19.2 Å². The van der Waals surface area contributed by atoms with Crippen molar-refractivity contribution in [3.8, 4) is 17.2 Å². The molecule has 0 saturated carbocycles. The van der Waals surface area contributed by atoms with Crippen molar-refractivity contribution in [1.29, 1.82) is 0 Å². The van der Waals surface area contributed by atoms with Gasteiger partial charge in [0.25, 0.3) is 17.1 Å². The van der Waals surface area contributed by atoms with Crippen molar-refractivity contribution in [2.24, 2.45) is 0 Å². The molecule has 12 heteroatoms. The number of hydrogen-bond donors (Lipinski definition) is 2. The number of imide groups is 1. The van der Waals surface area contributed by atoms with Crippen LogP contribution in [0, 0.1) is 0 Å². The first-order valence-corrected chi connectivity index (χ1v) is 13.6. The van der Waals surface area contributed by atoms with E-state index in [2.05, 4.69) is 10.6 Å². The molecule has 0 aliphatic carbocycles. The van der Waals surface area contributed by atoms with Crippen molar-refractivity contribution >= 4 is 63.8 Å². The Kier molecular flexibility index (Phi) is 9.88. The Bertz CT molecular complexity index is 1510. The molecule has 1 aliphatic heterocycles. The molecule has 1 heterocycles. The first kappa shape index (κ1) is 29.5. The van der Waals surface area contributed by atoms with Crippen LogP contribution in [0.5, 0.6) is 17.2 Å². The van der Waals surface area contributed by atoms with Gasteiger partial charge in [-0.1, -0.05) is 35.9 Å². The van der Waals surface area contributed by atoms with Crippen molar-refractivity contribution in [2.45, 2.75) is 6.92 Å². The maximum absolute atomic E-state index is 12.9. The summed E-state index contributed by atoms with van der Waals surface area (Å²) in [7, 11) is 1.44. The van der Waals surface area contributed by atoms with E-state index >= 15 is 0 Å². The number of hydrogen-bond acceptors (Lipinski definition) is 8. The first-order chi connectivity index (χ1) is 19.8. The van der Waals surface area contributed by atoms with E-state index in [4.69, 9.17) is 25.8 Å². The standard InChI is InChI=1S/C29H26ClN3O7S/c1-3-39-22-10-5-4-9-21(22)32-27(35)17-40-23-12-11-18(13-24(23)38-2)14-25-28(36)33(29(37)41-25)16-26(34)31-20-8-6-7-19(30)15-20/h4-15H,3,16-17H2,1-2H3,(H,31,34)(H,32,35)/b25-14+. The fraction of sp³-hybridized carbons (Fsp3) is 0.172. The van der Waals surface area contributed by atoms with Crippen LogP contribution in [-0.4, -0.2) is 54.7 Å². The third-order valence-corrected chi connectivity index (χ3v) is 6.73. The molecule has 1 saturated heterocycles. The highest BCUT2D eigenvalue weighted by Gasteiger charge is 2.36. The molecule has 2 N–H and O–H groups in total. The molecule has 4 rings (SSSR count). The fourth-order valence-corrected chi connectivity index (χ4v) is 4.80. The number of thioether (sulfide) groups is 1. The zero-order chi connectivity index (χ0) is 29.4. The number of anilines is 2. The van der Waals surface area contributed by atoms with Gasteiger partial charge in [-0.15, -0.1) is 0 Å². The second-order valence-corrected chi connectivity index (χ2v) is 9.93. The van der Waals surface area contributed by atoms with Gasteiger partial charge < -0.3 is 24.8 Å². The number of carbonyl (C=O) groups is 4. The number of methoxy groups -OCH3 is 1. The molecule has 212 valence electrons. The second-order valence-electron chi connectivity index (χ2n) is 8.50. The number of para-hydroxylation sites is 2. The van der Waals surface area contributed by atoms with Crippen LogP contribution in [0.1, 0.15) is 12.5 Å². The zero-order valence-electron chi connectivity index (χ0n) is 22.1. The number of nitrogens with one attached hydrogen (secondary N) is 2. The summed E-state index contributed by atoms with van der Waals surface area (Å²) in [5.41, 5.74) is 1.53. The minimum atomic E-state index is -0.593. The molecular weight excluding hydrogens is 570 g/mol. The predicted molar refractivity (Wildman–Crippen MR) is 157 cm³/mol. The van der Waals surface area contributed by atoms with E-state index in [-0.39, 0.29) is 11.5 Å². The number of benzene rings is 3. The van der Waals surface area contributed by atoms with Gasteiger partial charge in [-0.05, 0) is 72.8 Å². The maximum atomic E-state index is 12.9. The lowest BCUT2D eigenvalue weighted by Gasteiger charge is -2.13. The summed E-state index contributed by atoms with van der Waals surface area (Å²) in [5, 5.41) is 5.25. The number of amides is 4. The van der Waals surface area contributed by atoms with E-state index in [1.165, 1.54) is 13.2 Å². The topological polar surface area (TPSA) is 123 Å². The SMILES string of the molecule is CCOc1ccccc1NC(=O)COc1ccc(/C=C2/SC(=O)N(CC(=O)Nc3cccc(Cl)c3)C2=O)cc1OC. The predicted octanol–water partition coefficient (Wildman–Crippen LogP) is 5.44. The number of halogens is 1. The average molecular weight is 596 g/mol. The van der Waals surface area contributed by atoms with Crippen LogP contribution in [-0.2, 0) is 14.4 Å². The highest BCUT2D eigenvalue weighted by Crippen LogP contribution is 2.34. The van der Waals surface area contributed by atoms with Crippen molar-refractivity contribution in [3.05, 3.63) is 82.2 Å². The highest BCUT2D eigenvalue weighted by atomic mass is 35.5. The summed E-state index contributed by atoms with van der Waals surface area (Å²) in [6.07, 6.45) is 1.52. The van der Waals surface area contributed by atoms with Crippen LogP contribution in [0.2, 0.25) is 5.02 Å². The van der Waals surface area contributed by atoms with Crippen molar-refractivity contribution in [3.63, 3.8) is 0 Å².